The average Bonchev–Trinajstić information content (AvgIpc) is 3.12. The Balaban J connectivity index is 1.56. The minimum Gasteiger partial charge on any atom is -0.324 e. The normalized spacial score (nSPS) is 18.2. The third-order valence-corrected chi connectivity index (χ3v) is 5.14. The van der Waals surface area contributed by atoms with E-state index in [0.717, 1.165) is 4.90 Å². The van der Waals surface area contributed by atoms with E-state index in [2.05, 4.69) is 10.7 Å². The van der Waals surface area contributed by atoms with Crippen LogP contribution in [0.25, 0.3) is 0 Å². The summed E-state index contributed by atoms with van der Waals surface area (Å²) in [5.41, 5.74) is 4.42. The van der Waals surface area contributed by atoms with E-state index in [1.165, 1.54) is 29.2 Å². The van der Waals surface area contributed by atoms with Gasteiger partial charge in [0.2, 0.25) is 5.91 Å². The Kier molecular flexibility index (Phi) is 5.62. The molecule has 2 aliphatic rings. The number of halogens is 2. The smallest absolute Gasteiger partial charge is 0.324 e. The van der Waals surface area contributed by atoms with Crippen LogP contribution in [0.5, 0.6) is 0 Å². The number of benzene rings is 2. The Hall–Kier alpha value is -3.43. The Morgan fingerprint density at radius 2 is 1.90 bits per heavy atom. The first-order valence-corrected chi connectivity index (χ1v) is 9.83. The number of hydrogen-bond donors (Lipinski definition) is 2. The van der Waals surface area contributed by atoms with Gasteiger partial charge in [0.05, 0.1) is 12.2 Å². The molecule has 0 radical (unpaired) electrons. The number of amides is 4. The number of fused-ring (bicyclic) bond motifs is 1. The Labute approximate surface area is 182 Å². The molecular weight excluding hydrogens is 425 g/mol. The van der Waals surface area contributed by atoms with Gasteiger partial charge < -0.3 is 10.3 Å². The number of nitrogens with one attached hydrogen (secondary N) is 2. The van der Waals surface area contributed by atoms with Gasteiger partial charge in [-0.3, -0.25) is 19.4 Å². The van der Waals surface area contributed by atoms with Gasteiger partial charge >= 0.3 is 6.03 Å². The van der Waals surface area contributed by atoms with Gasteiger partial charge in [-0.15, -0.1) is 0 Å². The number of nitrogens with zero attached hydrogens (tertiary/aromatic N) is 3. The predicted molar refractivity (Wildman–Crippen MR) is 112 cm³/mol. The number of urea groups is 1. The molecule has 0 aliphatic carbocycles. The topological polar surface area (TPSA) is 85.0 Å². The van der Waals surface area contributed by atoms with E-state index in [1.54, 1.807) is 42.5 Å². The highest BCUT2D eigenvalue weighted by molar-refractivity contribution is 6.30. The first kappa shape index (κ1) is 20.8. The van der Waals surface area contributed by atoms with E-state index in [-0.39, 0.29) is 13.1 Å². The summed E-state index contributed by atoms with van der Waals surface area (Å²) in [6.45, 7) is -0.337. The lowest BCUT2D eigenvalue weighted by molar-refractivity contribution is -0.133. The second-order valence-corrected chi connectivity index (χ2v) is 7.64. The summed E-state index contributed by atoms with van der Waals surface area (Å²) in [4.78, 5) is 41.1. The van der Waals surface area contributed by atoms with E-state index >= 15 is 0 Å². The van der Waals surface area contributed by atoms with Gasteiger partial charge in [0, 0.05) is 24.0 Å². The molecule has 0 aromatic heterocycles. The molecular formula is C21H19ClFN5O3. The SMILES string of the molecule is CN1C=C2C(N1)C(=O)N(Cc1ccc(F)cc1)C(=O)N2CC(=O)Nc1cccc(Cl)c1. The molecule has 1 saturated heterocycles. The van der Waals surface area contributed by atoms with E-state index in [9.17, 15) is 18.8 Å². The van der Waals surface area contributed by atoms with Crippen molar-refractivity contribution in [3.05, 3.63) is 76.8 Å². The van der Waals surface area contributed by atoms with Crippen LogP contribution in [-0.4, -0.2) is 52.3 Å². The molecule has 10 heteroatoms. The summed E-state index contributed by atoms with van der Waals surface area (Å²) < 4.78 is 13.2. The van der Waals surface area contributed by atoms with Crippen molar-refractivity contribution in [3.8, 4) is 0 Å². The predicted octanol–water partition coefficient (Wildman–Crippen LogP) is 2.54. The number of hydrazine groups is 1. The van der Waals surface area contributed by atoms with Crippen LogP contribution in [0.15, 0.2) is 60.4 Å². The summed E-state index contributed by atoms with van der Waals surface area (Å²) in [6.07, 6.45) is 1.60. The lowest BCUT2D eigenvalue weighted by Crippen LogP contribution is -2.60. The molecule has 2 N–H and O–H groups in total. The van der Waals surface area contributed by atoms with Crippen molar-refractivity contribution < 1.29 is 18.8 Å². The van der Waals surface area contributed by atoms with Crippen molar-refractivity contribution in [2.75, 3.05) is 18.9 Å². The molecule has 1 fully saturated rings. The number of imide groups is 1. The van der Waals surface area contributed by atoms with Crippen molar-refractivity contribution >= 4 is 35.1 Å². The van der Waals surface area contributed by atoms with Gasteiger partial charge in [-0.2, -0.15) is 0 Å². The Morgan fingerprint density at radius 3 is 2.61 bits per heavy atom. The Morgan fingerprint density at radius 1 is 1.16 bits per heavy atom. The molecule has 2 aromatic carbocycles. The minimum absolute atomic E-state index is 0.0421. The van der Waals surface area contributed by atoms with Crippen LogP contribution in [0.4, 0.5) is 14.9 Å². The molecule has 31 heavy (non-hydrogen) atoms. The van der Waals surface area contributed by atoms with Crippen molar-refractivity contribution in [1.29, 1.82) is 0 Å². The second-order valence-electron chi connectivity index (χ2n) is 7.21. The maximum Gasteiger partial charge on any atom is 0.331 e. The highest BCUT2D eigenvalue weighted by atomic mass is 35.5. The first-order chi connectivity index (χ1) is 14.8. The second kappa shape index (κ2) is 8.37. The molecule has 8 nitrogen and oxygen atoms in total. The molecule has 4 amide bonds. The number of rotatable bonds is 5. The fourth-order valence-electron chi connectivity index (χ4n) is 3.48. The summed E-state index contributed by atoms with van der Waals surface area (Å²) in [5.74, 6) is -1.30. The molecule has 2 aliphatic heterocycles. The van der Waals surface area contributed by atoms with Crippen LogP contribution in [0.2, 0.25) is 5.02 Å². The zero-order valence-corrected chi connectivity index (χ0v) is 17.3. The molecule has 2 heterocycles. The van der Waals surface area contributed by atoms with Crippen LogP contribution in [0.3, 0.4) is 0 Å². The van der Waals surface area contributed by atoms with Gasteiger partial charge in [-0.1, -0.05) is 29.8 Å². The minimum atomic E-state index is -0.804. The van der Waals surface area contributed by atoms with Crippen molar-refractivity contribution in [2.24, 2.45) is 0 Å². The average molecular weight is 444 g/mol. The maximum atomic E-state index is 13.2. The van der Waals surface area contributed by atoms with E-state index < -0.39 is 29.7 Å². The number of carbonyl (C=O) groups excluding carboxylic acids is 3. The molecule has 160 valence electrons. The highest BCUT2D eigenvalue weighted by Crippen LogP contribution is 2.27. The largest absolute Gasteiger partial charge is 0.331 e. The van der Waals surface area contributed by atoms with Crippen LogP contribution < -0.4 is 10.7 Å². The van der Waals surface area contributed by atoms with E-state index in [0.29, 0.717) is 22.0 Å². The number of anilines is 1. The van der Waals surface area contributed by atoms with Crippen molar-refractivity contribution in [1.82, 2.24) is 20.2 Å². The molecule has 1 atom stereocenters. The van der Waals surface area contributed by atoms with Gasteiger partial charge in [0.15, 0.2) is 0 Å². The van der Waals surface area contributed by atoms with Crippen molar-refractivity contribution in [2.45, 2.75) is 12.6 Å². The fraction of sp³-hybridized carbons (Fsp3) is 0.190. The lowest BCUT2D eigenvalue weighted by Gasteiger charge is -2.37. The molecule has 0 saturated carbocycles. The molecule has 2 aromatic rings. The van der Waals surface area contributed by atoms with Gasteiger partial charge in [0.1, 0.15) is 18.4 Å². The van der Waals surface area contributed by atoms with Crippen LogP contribution in [-0.2, 0) is 16.1 Å². The highest BCUT2D eigenvalue weighted by Gasteiger charge is 2.46. The zero-order chi connectivity index (χ0) is 22.1. The Bertz CT molecular complexity index is 1070. The van der Waals surface area contributed by atoms with Crippen LogP contribution in [0.1, 0.15) is 5.56 Å². The lowest BCUT2D eigenvalue weighted by atomic mass is 10.1. The van der Waals surface area contributed by atoms with E-state index in [4.69, 9.17) is 11.6 Å². The van der Waals surface area contributed by atoms with Gasteiger partial charge in [-0.25, -0.2) is 14.6 Å². The first-order valence-electron chi connectivity index (χ1n) is 9.45. The van der Waals surface area contributed by atoms with Crippen LogP contribution >= 0.6 is 11.6 Å². The summed E-state index contributed by atoms with van der Waals surface area (Å²) >= 11 is 5.95. The monoisotopic (exact) mass is 443 g/mol. The maximum absolute atomic E-state index is 13.2. The number of carbonyl (C=O) groups is 3. The third kappa shape index (κ3) is 4.37. The quantitative estimate of drug-likeness (QED) is 0.742. The standard InChI is InChI=1S/C21H19ClFN5O3/c1-26-11-17-19(25-26)20(30)28(10-13-5-7-15(23)8-6-13)21(31)27(17)12-18(29)24-16-4-2-3-14(22)9-16/h2-9,11,19,25H,10,12H2,1H3,(H,24,29). The van der Waals surface area contributed by atoms with Gasteiger partial charge in [-0.05, 0) is 35.9 Å². The van der Waals surface area contributed by atoms with E-state index in [1.807, 2.05) is 0 Å². The molecule has 0 spiro atoms. The zero-order valence-electron chi connectivity index (χ0n) is 16.5. The molecule has 4 rings (SSSR count). The van der Waals surface area contributed by atoms with Crippen LogP contribution in [0, 0.1) is 5.82 Å². The van der Waals surface area contributed by atoms with Crippen molar-refractivity contribution in [3.63, 3.8) is 0 Å². The fourth-order valence-corrected chi connectivity index (χ4v) is 3.67. The molecule has 0 bridgehead atoms. The third-order valence-electron chi connectivity index (χ3n) is 4.90. The molecule has 1 unspecified atom stereocenters. The van der Waals surface area contributed by atoms with Gasteiger partial charge in [0.25, 0.3) is 5.91 Å². The summed E-state index contributed by atoms with van der Waals surface area (Å²) in [5, 5.41) is 4.73. The summed E-state index contributed by atoms with van der Waals surface area (Å²) in [6, 6.07) is 10.7. The summed E-state index contributed by atoms with van der Waals surface area (Å²) in [7, 11) is 1.69. The number of hydrogen-bond acceptors (Lipinski definition) is 5.